The number of nitrogens with one attached hydrogen (secondary N) is 1. The van der Waals surface area contributed by atoms with Gasteiger partial charge in [0.15, 0.2) is 0 Å². The van der Waals surface area contributed by atoms with Gasteiger partial charge in [-0.05, 0) is 44.4 Å². The van der Waals surface area contributed by atoms with Crippen molar-refractivity contribution in [2.45, 2.75) is 90.5 Å². The molecule has 0 heterocycles. The molecule has 0 amide bonds. The molecule has 1 aromatic rings. The lowest BCUT2D eigenvalue weighted by molar-refractivity contribution is 0.254. The van der Waals surface area contributed by atoms with Crippen LogP contribution in [-0.2, 0) is 6.42 Å². The summed E-state index contributed by atoms with van der Waals surface area (Å²) in [5.41, 5.74) is 1.54. The van der Waals surface area contributed by atoms with Gasteiger partial charge in [-0.1, -0.05) is 95.2 Å². The molecule has 0 saturated carbocycles. The highest BCUT2D eigenvalue weighted by atomic mass is 35.5. The summed E-state index contributed by atoms with van der Waals surface area (Å²) in [4.78, 5) is 0. The summed E-state index contributed by atoms with van der Waals surface area (Å²) >= 11 is 0. The molecule has 1 aromatic carbocycles. The number of unbranched alkanes of at least 4 members (excludes halogenated alkanes) is 7. The summed E-state index contributed by atoms with van der Waals surface area (Å²) in [5, 5.41) is 3.48. The van der Waals surface area contributed by atoms with Crippen molar-refractivity contribution < 1.29 is 0 Å². The lowest BCUT2D eigenvalue weighted by Crippen LogP contribution is -2.44. The predicted molar refractivity (Wildman–Crippen MR) is 121 cm³/mol. The van der Waals surface area contributed by atoms with Gasteiger partial charge in [-0.15, -0.1) is 12.4 Å². The highest BCUT2D eigenvalue weighted by molar-refractivity contribution is 5.85. The fourth-order valence-electron chi connectivity index (χ4n) is 3.52. The summed E-state index contributed by atoms with van der Waals surface area (Å²) in [5.74, 6) is 0.637. The number of hydrogen-bond acceptors (Lipinski definition) is 2. The average Bonchev–Trinajstić information content (AvgIpc) is 2.57. The van der Waals surface area contributed by atoms with Gasteiger partial charge < -0.3 is 11.5 Å². The van der Waals surface area contributed by atoms with Crippen LogP contribution in [0.5, 0.6) is 0 Å². The second kappa shape index (κ2) is 16.2. The van der Waals surface area contributed by atoms with E-state index in [0.717, 1.165) is 6.42 Å². The third-order valence-electron chi connectivity index (χ3n) is 5.23. The Bertz CT molecular complexity index is 431. The smallest absolute Gasteiger partial charge is 0.0343 e. The van der Waals surface area contributed by atoms with Crippen molar-refractivity contribution in [2.75, 3.05) is 0 Å². The van der Waals surface area contributed by atoms with E-state index in [2.05, 4.69) is 63.0 Å². The molecule has 0 aromatic heterocycles. The normalized spacial score (nSPS) is 11.8. The zero-order chi connectivity index (χ0) is 17.7. The van der Waals surface area contributed by atoms with Gasteiger partial charge in [0.05, 0.1) is 0 Å². The molecule has 3 heteroatoms. The molecule has 0 aliphatic heterocycles. The van der Waals surface area contributed by atoms with Gasteiger partial charge >= 0.3 is 0 Å². The van der Waals surface area contributed by atoms with Crippen LogP contribution < -0.4 is 11.5 Å². The van der Waals surface area contributed by atoms with E-state index in [1.165, 1.54) is 63.4 Å². The highest BCUT2D eigenvalue weighted by Crippen LogP contribution is 2.27. The van der Waals surface area contributed by atoms with Crippen molar-refractivity contribution in [2.24, 2.45) is 5.92 Å². The standard InChI is InChI=1S/C23H39N.ClH.H3N/c1-5-7-8-9-10-11-12-16-19-22(23(3,4)24-6-2)20-21-17-14-13-15-18-21;;/h6,13-15,17-18,22,24H,2,5,7-12,16,19-20H2,1,3-4H3;1H;1H3. The van der Waals surface area contributed by atoms with Crippen molar-refractivity contribution in [1.29, 1.82) is 0 Å². The van der Waals surface area contributed by atoms with Gasteiger partial charge in [0, 0.05) is 5.54 Å². The summed E-state index contributed by atoms with van der Waals surface area (Å²) in [6.45, 7) is 10.8. The number of halogens is 1. The molecule has 1 unspecified atom stereocenters. The molecule has 0 bridgehead atoms. The van der Waals surface area contributed by atoms with E-state index in [0.29, 0.717) is 5.92 Å². The Morgan fingerprint density at radius 2 is 1.50 bits per heavy atom. The van der Waals surface area contributed by atoms with Crippen LogP contribution in [0.2, 0.25) is 0 Å². The van der Waals surface area contributed by atoms with E-state index in [9.17, 15) is 0 Å². The molecule has 2 nitrogen and oxygen atoms in total. The van der Waals surface area contributed by atoms with Crippen molar-refractivity contribution in [3.8, 4) is 0 Å². The quantitative estimate of drug-likeness (QED) is 0.327. The van der Waals surface area contributed by atoms with Gasteiger partial charge in [-0.3, -0.25) is 0 Å². The second-order valence-corrected chi connectivity index (χ2v) is 7.72. The molecule has 0 saturated heterocycles. The van der Waals surface area contributed by atoms with Crippen LogP contribution >= 0.6 is 12.4 Å². The zero-order valence-electron chi connectivity index (χ0n) is 17.4. The lowest BCUT2D eigenvalue weighted by atomic mass is 9.79. The summed E-state index contributed by atoms with van der Waals surface area (Å²) in [7, 11) is 0. The van der Waals surface area contributed by atoms with Crippen LogP contribution in [0, 0.1) is 5.92 Å². The first-order valence-electron chi connectivity index (χ1n) is 10.0. The zero-order valence-corrected chi connectivity index (χ0v) is 18.3. The molecule has 1 rings (SSSR count). The molecule has 0 radical (unpaired) electrons. The Hall–Kier alpha value is -0.990. The monoisotopic (exact) mass is 382 g/mol. The van der Waals surface area contributed by atoms with Crippen LogP contribution in [0.4, 0.5) is 0 Å². The summed E-state index contributed by atoms with van der Waals surface area (Å²) in [6, 6.07) is 10.9. The van der Waals surface area contributed by atoms with E-state index in [1.54, 1.807) is 0 Å². The minimum absolute atomic E-state index is 0. The first-order valence-corrected chi connectivity index (χ1v) is 10.0. The Balaban J connectivity index is 0. The molecule has 26 heavy (non-hydrogen) atoms. The molecular weight excluding hydrogens is 340 g/mol. The van der Waals surface area contributed by atoms with Crippen LogP contribution in [0.3, 0.4) is 0 Å². The maximum atomic E-state index is 3.87. The van der Waals surface area contributed by atoms with Gasteiger partial charge in [-0.25, -0.2) is 0 Å². The largest absolute Gasteiger partial charge is 0.386 e. The third-order valence-corrected chi connectivity index (χ3v) is 5.23. The molecule has 0 fully saturated rings. The Morgan fingerprint density at radius 3 is 2.04 bits per heavy atom. The van der Waals surface area contributed by atoms with E-state index >= 15 is 0 Å². The Kier molecular flexibility index (Phi) is 17.0. The topological polar surface area (TPSA) is 47.0 Å². The second-order valence-electron chi connectivity index (χ2n) is 7.72. The maximum Gasteiger partial charge on any atom is 0.0343 e. The van der Waals surface area contributed by atoms with Crippen LogP contribution in [0.1, 0.15) is 84.1 Å². The Morgan fingerprint density at radius 1 is 0.962 bits per heavy atom. The number of benzene rings is 1. The van der Waals surface area contributed by atoms with E-state index in [-0.39, 0.29) is 24.1 Å². The van der Waals surface area contributed by atoms with Crippen LogP contribution in [0.25, 0.3) is 0 Å². The fourth-order valence-corrected chi connectivity index (χ4v) is 3.52. The molecule has 152 valence electrons. The van der Waals surface area contributed by atoms with E-state index < -0.39 is 0 Å². The lowest BCUT2D eigenvalue weighted by Gasteiger charge is -2.35. The first kappa shape index (κ1) is 27.2. The van der Waals surface area contributed by atoms with Gasteiger partial charge in [0.1, 0.15) is 0 Å². The molecule has 1 atom stereocenters. The molecular formula is C23H43ClN2. The first-order chi connectivity index (χ1) is 11.6. The summed E-state index contributed by atoms with van der Waals surface area (Å²) < 4.78 is 0. The highest BCUT2D eigenvalue weighted by Gasteiger charge is 2.27. The van der Waals surface area contributed by atoms with Crippen molar-refractivity contribution in [3.05, 3.63) is 48.7 Å². The minimum Gasteiger partial charge on any atom is -0.386 e. The maximum absolute atomic E-state index is 3.87. The van der Waals surface area contributed by atoms with Crippen LogP contribution in [-0.4, -0.2) is 5.54 Å². The SMILES string of the molecule is C=CNC(C)(C)C(CCCCCCCCCC)Cc1ccccc1.Cl.N. The average molecular weight is 383 g/mol. The van der Waals surface area contributed by atoms with E-state index in [4.69, 9.17) is 0 Å². The number of rotatable bonds is 14. The van der Waals surface area contributed by atoms with Crippen LogP contribution in [0.15, 0.2) is 43.1 Å². The van der Waals surface area contributed by atoms with Gasteiger partial charge in [-0.2, -0.15) is 0 Å². The number of hydrogen-bond donors (Lipinski definition) is 2. The van der Waals surface area contributed by atoms with Crippen molar-refractivity contribution >= 4 is 12.4 Å². The molecule has 0 aliphatic carbocycles. The predicted octanol–water partition coefficient (Wildman–Crippen LogP) is 7.47. The van der Waals surface area contributed by atoms with Crippen molar-refractivity contribution in [1.82, 2.24) is 11.5 Å². The molecule has 4 N–H and O–H groups in total. The van der Waals surface area contributed by atoms with E-state index in [1.807, 2.05) is 6.20 Å². The van der Waals surface area contributed by atoms with Gasteiger partial charge in [0.25, 0.3) is 0 Å². The summed E-state index contributed by atoms with van der Waals surface area (Å²) in [6.07, 6.45) is 15.4. The third kappa shape index (κ3) is 11.6. The Labute approximate surface area is 169 Å². The van der Waals surface area contributed by atoms with Gasteiger partial charge in [0.2, 0.25) is 0 Å². The fraction of sp³-hybridized carbons (Fsp3) is 0.652. The van der Waals surface area contributed by atoms with Crippen molar-refractivity contribution in [3.63, 3.8) is 0 Å². The molecule has 0 aliphatic rings. The minimum atomic E-state index is 0. The molecule has 0 spiro atoms.